The van der Waals surface area contributed by atoms with Crippen molar-refractivity contribution >= 4 is 29.6 Å². The Balaban J connectivity index is 1.79. The van der Waals surface area contributed by atoms with Gasteiger partial charge < -0.3 is 5.32 Å². The van der Waals surface area contributed by atoms with Crippen molar-refractivity contribution in [3.05, 3.63) is 106 Å². The number of carbonyl (C=O) groups is 2. The Bertz CT molecular complexity index is 1000. The molecule has 5 nitrogen and oxygen atoms in total. The van der Waals surface area contributed by atoms with Crippen LogP contribution in [0.2, 0.25) is 5.02 Å². The van der Waals surface area contributed by atoms with Crippen LogP contribution in [0.1, 0.15) is 33.1 Å². The van der Waals surface area contributed by atoms with Crippen molar-refractivity contribution in [3.63, 3.8) is 0 Å². The van der Waals surface area contributed by atoms with Gasteiger partial charge in [0.1, 0.15) is 18.2 Å². The van der Waals surface area contributed by atoms with E-state index in [-0.39, 0.29) is 11.7 Å². The molecule has 6 heteroatoms. The third-order valence-electron chi connectivity index (χ3n) is 4.38. The average Bonchev–Trinajstić information content (AvgIpc) is 2.75. The van der Waals surface area contributed by atoms with E-state index >= 15 is 0 Å². The van der Waals surface area contributed by atoms with Crippen LogP contribution in [-0.2, 0) is 11.3 Å². The van der Waals surface area contributed by atoms with Crippen LogP contribution in [0.3, 0.4) is 0 Å². The first kappa shape index (κ1) is 20.5. The van der Waals surface area contributed by atoms with Crippen molar-refractivity contribution in [1.29, 1.82) is 5.41 Å². The minimum Gasteiger partial charge on any atom is -0.309 e. The molecular formula is C23H20ClN3O2. The lowest BCUT2D eigenvalue weighted by Crippen LogP contribution is -2.40. The van der Waals surface area contributed by atoms with Crippen molar-refractivity contribution in [3.8, 4) is 0 Å². The lowest BCUT2D eigenvalue weighted by Gasteiger charge is -2.19. The van der Waals surface area contributed by atoms with Crippen LogP contribution in [0, 0.1) is 5.41 Å². The third kappa shape index (κ3) is 5.60. The zero-order valence-electron chi connectivity index (χ0n) is 15.6. The number of hydrogen-bond acceptors (Lipinski definition) is 4. The van der Waals surface area contributed by atoms with E-state index in [1.54, 1.807) is 42.5 Å². The van der Waals surface area contributed by atoms with Crippen molar-refractivity contribution in [2.24, 2.45) is 0 Å². The monoisotopic (exact) mass is 405 g/mol. The van der Waals surface area contributed by atoms with Crippen molar-refractivity contribution in [2.75, 3.05) is 0 Å². The topological polar surface area (TPSA) is 82.1 Å². The van der Waals surface area contributed by atoms with Crippen LogP contribution in [0.5, 0.6) is 0 Å². The molecule has 0 fully saturated rings. The summed E-state index contributed by atoms with van der Waals surface area (Å²) in [4.78, 5) is 23.9. The van der Waals surface area contributed by atoms with Gasteiger partial charge in [-0.3, -0.25) is 20.3 Å². The molecule has 1 atom stereocenters. The Hall–Kier alpha value is -3.28. The van der Waals surface area contributed by atoms with Gasteiger partial charge in [0.25, 0.3) is 0 Å². The number of rotatable bonds is 7. The lowest BCUT2D eigenvalue weighted by molar-refractivity contribution is -0.121. The van der Waals surface area contributed by atoms with Crippen LogP contribution in [0.25, 0.3) is 0 Å². The molecule has 29 heavy (non-hydrogen) atoms. The van der Waals surface area contributed by atoms with Gasteiger partial charge in [0, 0.05) is 22.7 Å². The van der Waals surface area contributed by atoms with Crippen molar-refractivity contribution < 1.29 is 9.59 Å². The van der Waals surface area contributed by atoms with Gasteiger partial charge in [-0.05, 0) is 23.3 Å². The van der Waals surface area contributed by atoms with Crippen molar-refractivity contribution in [1.82, 2.24) is 10.6 Å². The summed E-state index contributed by atoms with van der Waals surface area (Å²) in [6, 6.07) is 22.4. The third-order valence-corrected chi connectivity index (χ3v) is 4.61. The van der Waals surface area contributed by atoms with Gasteiger partial charge in [0.05, 0.1) is 0 Å². The SMILES string of the molecule is N=C(NC(=O)C(NCc1cccc(Cl)c1)c1ccc(C=O)cc1)c1ccccc1. The van der Waals surface area contributed by atoms with Crippen LogP contribution < -0.4 is 10.6 Å². The van der Waals surface area contributed by atoms with Crippen LogP contribution in [-0.4, -0.2) is 18.0 Å². The summed E-state index contributed by atoms with van der Waals surface area (Å²) in [5.74, 6) is -0.339. The summed E-state index contributed by atoms with van der Waals surface area (Å²) in [7, 11) is 0. The first-order valence-electron chi connectivity index (χ1n) is 9.04. The Kier molecular flexibility index (Phi) is 6.89. The highest BCUT2D eigenvalue weighted by Crippen LogP contribution is 2.17. The molecule has 0 aliphatic heterocycles. The van der Waals surface area contributed by atoms with Crippen LogP contribution in [0.4, 0.5) is 0 Å². The Morgan fingerprint density at radius 1 is 1.00 bits per heavy atom. The summed E-state index contributed by atoms with van der Waals surface area (Å²) in [5.41, 5.74) is 2.76. The quantitative estimate of drug-likeness (QED) is 0.314. The van der Waals surface area contributed by atoms with E-state index in [2.05, 4.69) is 10.6 Å². The first-order chi connectivity index (χ1) is 14.1. The molecule has 3 aromatic carbocycles. The molecule has 0 heterocycles. The second-order valence-electron chi connectivity index (χ2n) is 6.46. The molecule has 0 aliphatic carbocycles. The maximum absolute atomic E-state index is 13.0. The first-order valence-corrected chi connectivity index (χ1v) is 9.42. The summed E-state index contributed by atoms with van der Waals surface area (Å²) in [6.45, 7) is 0.409. The molecule has 0 saturated carbocycles. The highest BCUT2D eigenvalue weighted by molar-refractivity contribution is 6.30. The second-order valence-corrected chi connectivity index (χ2v) is 6.90. The largest absolute Gasteiger partial charge is 0.309 e. The second kappa shape index (κ2) is 9.78. The fourth-order valence-electron chi connectivity index (χ4n) is 2.87. The van der Waals surface area contributed by atoms with E-state index in [0.717, 1.165) is 11.8 Å². The van der Waals surface area contributed by atoms with Crippen LogP contribution in [0.15, 0.2) is 78.9 Å². The standard InChI is InChI=1S/C23H20ClN3O2/c24-20-8-4-5-17(13-20)14-26-21(18-11-9-16(15-28)10-12-18)23(29)27-22(25)19-6-2-1-3-7-19/h1-13,15,21,26H,14H2,(H2,25,27,29). The number of benzene rings is 3. The predicted molar refractivity (Wildman–Crippen MR) is 114 cm³/mol. The number of hydrogen-bond donors (Lipinski definition) is 3. The van der Waals surface area contributed by atoms with Gasteiger partial charge in [-0.15, -0.1) is 0 Å². The Morgan fingerprint density at radius 3 is 2.38 bits per heavy atom. The number of aldehydes is 1. The fourth-order valence-corrected chi connectivity index (χ4v) is 3.08. The maximum atomic E-state index is 13.0. The molecule has 1 unspecified atom stereocenters. The fraction of sp³-hybridized carbons (Fsp3) is 0.0870. The highest BCUT2D eigenvalue weighted by Gasteiger charge is 2.21. The van der Waals surface area contributed by atoms with Gasteiger partial charge in [0.2, 0.25) is 5.91 Å². The van der Waals surface area contributed by atoms with Gasteiger partial charge in [-0.2, -0.15) is 0 Å². The minimum atomic E-state index is -0.709. The zero-order valence-corrected chi connectivity index (χ0v) is 16.3. The Morgan fingerprint density at radius 2 is 1.72 bits per heavy atom. The Labute approximate surface area is 174 Å². The molecule has 3 rings (SSSR count). The smallest absolute Gasteiger partial charge is 0.247 e. The summed E-state index contributed by atoms with van der Waals surface area (Å²) in [5, 5.41) is 14.7. The highest BCUT2D eigenvalue weighted by atomic mass is 35.5. The molecule has 0 aromatic heterocycles. The molecule has 0 saturated heterocycles. The molecular weight excluding hydrogens is 386 g/mol. The molecule has 0 bridgehead atoms. The molecule has 1 amide bonds. The molecule has 0 radical (unpaired) electrons. The van der Waals surface area contributed by atoms with E-state index in [9.17, 15) is 9.59 Å². The van der Waals surface area contributed by atoms with E-state index in [0.29, 0.717) is 28.3 Å². The van der Waals surface area contributed by atoms with Gasteiger partial charge in [0.15, 0.2) is 0 Å². The van der Waals surface area contributed by atoms with E-state index < -0.39 is 6.04 Å². The van der Waals surface area contributed by atoms with Gasteiger partial charge in [-0.25, -0.2) is 0 Å². The number of amides is 1. The van der Waals surface area contributed by atoms with Gasteiger partial charge >= 0.3 is 0 Å². The number of halogens is 1. The lowest BCUT2D eigenvalue weighted by atomic mass is 10.0. The summed E-state index contributed by atoms with van der Waals surface area (Å²) >= 11 is 6.04. The van der Waals surface area contributed by atoms with Crippen molar-refractivity contribution in [2.45, 2.75) is 12.6 Å². The maximum Gasteiger partial charge on any atom is 0.247 e. The van der Waals surface area contributed by atoms with Crippen LogP contribution >= 0.6 is 11.6 Å². The van der Waals surface area contributed by atoms with Gasteiger partial charge in [-0.1, -0.05) is 78.3 Å². The molecule has 3 aromatic rings. The molecule has 0 spiro atoms. The summed E-state index contributed by atoms with van der Waals surface area (Å²) < 4.78 is 0. The number of nitrogens with one attached hydrogen (secondary N) is 3. The van der Waals surface area contributed by atoms with E-state index in [1.807, 2.05) is 36.4 Å². The molecule has 146 valence electrons. The predicted octanol–water partition coefficient (Wildman–Crippen LogP) is 4.13. The molecule has 0 aliphatic rings. The number of amidine groups is 1. The van der Waals surface area contributed by atoms with E-state index in [4.69, 9.17) is 17.0 Å². The zero-order chi connectivity index (χ0) is 20.6. The average molecular weight is 406 g/mol. The normalized spacial score (nSPS) is 11.5. The summed E-state index contributed by atoms with van der Waals surface area (Å²) in [6.07, 6.45) is 0.753. The minimum absolute atomic E-state index is 0.0228. The molecule has 3 N–H and O–H groups in total. The number of carbonyl (C=O) groups excluding carboxylic acids is 2. The van der Waals surface area contributed by atoms with E-state index in [1.165, 1.54) is 0 Å².